The van der Waals surface area contributed by atoms with Gasteiger partial charge in [-0.2, -0.15) is 0 Å². The number of nitrogens with one attached hydrogen (secondary N) is 1. The molecule has 1 rings (SSSR count). The molecule has 0 aromatic carbocycles. The molecule has 2 N–H and O–H groups in total. The van der Waals surface area contributed by atoms with Crippen LogP contribution < -0.4 is 10.9 Å². The summed E-state index contributed by atoms with van der Waals surface area (Å²) >= 11 is 3.11. The van der Waals surface area contributed by atoms with Gasteiger partial charge in [0, 0.05) is 18.8 Å². The molecule has 0 bridgehead atoms. The summed E-state index contributed by atoms with van der Waals surface area (Å²) in [6.45, 7) is 4.70. The Kier molecular flexibility index (Phi) is 5.11. The summed E-state index contributed by atoms with van der Waals surface area (Å²) in [6, 6.07) is 0.312. The molecule has 16 heavy (non-hydrogen) atoms. The van der Waals surface area contributed by atoms with Gasteiger partial charge in [-0.05, 0) is 15.9 Å². The maximum absolute atomic E-state index is 11.6. The summed E-state index contributed by atoms with van der Waals surface area (Å²) in [7, 11) is 0. The molecule has 1 aromatic heterocycles. The van der Waals surface area contributed by atoms with Gasteiger partial charge in [0.2, 0.25) is 0 Å². The van der Waals surface area contributed by atoms with E-state index in [0.29, 0.717) is 17.1 Å². The van der Waals surface area contributed by atoms with Crippen LogP contribution in [-0.2, 0) is 6.54 Å². The summed E-state index contributed by atoms with van der Waals surface area (Å²) in [5.41, 5.74) is -0.182. The van der Waals surface area contributed by atoms with Gasteiger partial charge in [-0.15, -0.1) is 0 Å². The molecule has 0 aliphatic carbocycles. The number of hydrogen-bond acceptors (Lipinski definition) is 4. The van der Waals surface area contributed by atoms with Gasteiger partial charge in [0.05, 0.1) is 19.0 Å². The Morgan fingerprint density at radius 1 is 1.62 bits per heavy atom. The highest BCUT2D eigenvalue weighted by Crippen LogP contribution is 1.98. The molecule has 90 valence electrons. The van der Waals surface area contributed by atoms with E-state index >= 15 is 0 Å². The average molecular weight is 290 g/mol. The van der Waals surface area contributed by atoms with Gasteiger partial charge < -0.3 is 10.4 Å². The van der Waals surface area contributed by atoms with Crippen LogP contribution in [0.1, 0.15) is 13.8 Å². The molecule has 0 aliphatic rings. The minimum absolute atomic E-state index is 0.182. The Bertz CT molecular complexity index is 392. The molecule has 1 aromatic rings. The zero-order valence-corrected chi connectivity index (χ0v) is 10.9. The first-order valence-corrected chi connectivity index (χ1v) is 5.91. The topological polar surface area (TPSA) is 67.2 Å². The highest BCUT2D eigenvalue weighted by molar-refractivity contribution is 9.10. The summed E-state index contributed by atoms with van der Waals surface area (Å²) in [4.78, 5) is 15.5. The highest BCUT2D eigenvalue weighted by atomic mass is 79.9. The maximum atomic E-state index is 11.6. The number of halogens is 1. The Labute approximate surface area is 103 Å². The minimum Gasteiger partial charge on any atom is -0.390 e. The fourth-order valence-electron chi connectivity index (χ4n) is 1.22. The van der Waals surface area contributed by atoms with Crippen LogP contribution in [0.25, 0.3) is 0 Å². The van der Waals surface area contributed by atoms with Gasteiger partial charge >= 0.3 is 0 Å². The first-order valence-electron chi connectivity index (χ1n) is 5.12. The van der Waals surface area contributed by atoms with E-state index in [2.05, 4.69) is 26.2 Å². The van der Waals surface area contributed by atoms with Crippen LogP contribution in [-0.4, -0.2) is 33.3 Å². The lowest BCUT2D eigenvalue weighted by atomic mass is 10.3. The van der Waals surface area contributed by atoms with E-state index in [1.165, 1.54) is 17.1 Å². The van der Waals surface area contributed by atoms with Crippen molar-refractivity contribution in [1.29, 1.82) is 0 Å². The molecule has 1 unspecified atom stereocenters. The van der Waals surface area contributed by atoms with Crippen LogP contribution in [0.5, 0.6) is 0 Å². The zero-order chi connectivity index (χ0) is 12.1. The molecule has 1 atom stereocenters. The second-order valence-electron chi connectivity index (χ2n) is 3.92. The Morgan fingerprint density at radius 2 is 2.31 bits per heavy atom. The third-order valence-electron chi connectivity index (χ3n) is 2.03. The lowest BCUT2D eigenvalue weighted by Crippen LogP contribution is -2.36. The second-order valence-corrected chi connectivity index (χ2v) is 4.77. The Hall–Kier alpha value is -0.720. The monoisotopic (exact) mass is 289 g/mol. The highest BCUT2D eigenvalue weighted by Gasteiger charge is 2.08. The number of nitrogens with zero attached hydrogens (tertiary/aromatic N) is 2. The third-order valence-corrected chi connectivity index (χ3v) is 2.57. The summed E-state index contributed by atoms with van der Waals surface area (Å²) in [6.07, 6.45) is 2.26. The van der Waals surface area contributed by atoms with E-state index in [0.717, 1.165) is 0 Å². The van der Waals surface area contributed by atoms with E-state index in [1.54, 1.807) is 0 Å². The van der Waals surface area contributed by atoms with E-state index in [-0.39, 0.29) is 12.1 Å². The van der Waals surface area contributed by atoms with Crippen LogP contribution in [0.15, 0.2) is 21.8 Å². The van der Waals surface area contributed by atoms with Crippen LogP contribution in [0, 0.1) is 0 Å². The average Bonchev–Trinajstić information content (AvgIpc) is 2.22. The van der Waals surface area contributed by atoms with Gasteiger partial charge in [0.15, 0.2) is 0 Å². The smallest absolute Gasteiger partial charge is 0.267 e. The van der Waals surface area contributed by atoms with E-state index < -0.39 is 6.10 Å². The molecule has 0 fully saturated rings. The van der Waals surface area contributed by atoms with Crippen molar-refractivity contribution in [3.05, 3.63) is 27.4 Å². The molecule has 0 aliphatic heterocycles. The van der Waals surface area contributed by atoms with Crippen molar-refractivity contribution >= 4 is 15.9 Å². The predicted octanol–water partition coefficient (Wildman–Crippen LogP) is 0.365. The molecule has 0 radical (unpaired) electrons. The third kappa shape index (κ3) is 4.03. The van der Waals surface area contributed by atoms with Crippen molar-refractivity contribution in [3.63, 3.8) is 0 Å². The lowest BCUT2D eigenvalue weighted by molar-refractivity contribution is 0.147. The molecular formula is C10H16BrN3O2. The van der Waals surface area contributed by atoms with Crippen LogP contribution >= 0.6 is 15.9 Å². The summed E-state index contributed by atoms with van der Waals surface area (Å²) < 4.78 is 1.79. The largest absolute Gasteiger partial charge is 0.390 e. The predicted molar refractivity (Wildman–Crippen MR) is 65.3 cm³/mol. The van der Waals surface area contributed by atoms with Crippen LogP contribution in [0.2, 0.25) is 0 Å². The fourth-order valence-corrected chi connectivity index (χ4v) is 1.56. The molecule has 0 amide bonds. The molecule has 0 saturated heterocycles. The SMILES string of the molecule is CC(C)NCC(O)Cn1cncc(Br)c1=O. The zero-order valence-electron chi connectivity index (χ0n) is 9.35. The molecule has 0 saturated carbocycles. The first-order chi connectivity index (χ1) is 7.50. The lowest BCUT2D eigenvalue weighted by Gasteiger charge is -2.15. The van der Waals surface area contributed by atoms with Crippen molar-refractivity contribution in [2.45, 2.75) is 32.5 Å². The number of hydrogen-bond donors (Lipinski definition) is 2. The Balaban J connectivity index is 2.59. The van der Waals surface area contributed by atoms with Gasteiger partial charge in [-0.1, -0.05) is 13.8 Å². The van der Waals surface area contributed by atoms with Crippen molar-refractivity contribution in [1.82, 2.24) is 14.9 Å². The molecular weight excluding hydrogens is 274 g/mol. The Morgan fingerprint density at radius 3 is 2.94 bits per heavy atom. The number of aliphatic hydroxyl groups excluding tert-OH is 1. The summed E-state index contributed by atoms with van der Waals surface area (Å²) in [5.74, 6) is 0. The van der Waals surface area contributed by atoms with Crippen molar-refractivity contribution in [2.75, 3.05) is 6.54 Å². The van der Waals surface area contributed by atoms with E-state index in [1.807, 2.05) is 13.8 Å². The van der Waals surface area contributed by atoms with Crippen LogP contribution in [0.4, 0.5) is 0 Å². The molecule has 5 nitrogen and oxygen atoms in total. The number of rotatable bonds is 5. The second kappa shape index (κ2) is 6.12. The number of aliphatic hydroxyl groups is 1. The summed E-state index contributed by atoms with van der Waals surface area (Å²) in [5, 5.41) is 12.8. The standard InChI is InChI=1S/C10H16BrN3O2/c1-7(2)13-3-8(15)5-14-6-12-4-9(11)10(14)16/h4,6-8,13,15H,3,5H2,1-2H3. The van der Waals surface area contributed by atoms with Gasteiger partial charge in [0.25, 0.3) is 5.56 Å². The quantitative estimate of drug-likeness (QED) is 0.822. The van der Waals surface area contributed by atoms with Gasteiger partial charge in [0.1, 0.15) is 4.47 Å². The van der Waals surface area contributed by atoms with Crippen molar-refractivity contribution in [3.8, 4) is 0 Å². The fraction of sp³-hybridized carbons (Fsp3) is 0.600. The normalized spacial score (nSPS) is 13.1. The van der Waals surface area contributed by atoms with E-state index in [4.69, 9.17) is 0 Å². The molecule has 1 heterocycles. The maximum Gasteiger partial charge on any atom is 0.267 e. The van der Waals surface area contributed by atoms with Gasteiger partial charge in [-0.25, -0.2) is 4.98 Å². The van der Waals surface area contributed by atoms with Gasteiger partial charge in [-0.3, -0.25) is 9.36 Å². The molecule has 6 heteroatoms. The number of aromatic nitrogens is 2. The minimum atomic E-state index is -0.601. The molecule has 0 spiro atoms. The van der Waals surface area contributed by atoms with Crippen LogP contribution in [0.3, 0.4) is 0 Å². The van der Waals surface area contributed by atoms with Crippen molar-refractivity contribution in [2.24, 2.45) is 0 Å². The van der Waals surface area contributed by atoms with E-state index in [9.17, 15) is 9.90 Å². The van der Waals surface area contributed by atoms with Crippen molar-refractivity contribution < 1.29 is 5.11 Å². The first kappa shape index (κ1) is 13.3.